The Morgan fingerprint density at radius 3 is 2.54 bits per heavy atom. The Morgan fingerprint density at radius 1 is 1.12 bits per heavy atom. The predicted octanol–water partition coefficient (Wildman–Crippen LogP) is 2.29. The molecule has 24 heavy (non-hydrogen) atoms. The van der Waals surface area contributed by atoms with Gasteiger partial charge in [-0.25, -0.2) is 0 Å². The molecule has 0 aliphatic carbocycles. The molecular formula is C20H34NO3+. The maximum absolute atomic E-state index is 5.93. The summed E-state index contributed by atoms with van der Waals surface area (Å²) in [5, 5.41) is 0. The summed E-state index contributed by atoms with van der Waals surface area (Å²) < 4.78 is 17.5. The lowest BCUT2D eigenvalue weighted by atomic mass is 9.98. The Labute approximate surface area is 147 Å². The van der Waals surface area contributed by atoms with Gasteiger partial charge in [-0.1, -0.05) is 32.0 Å². The molecule has 0 unspecified atom stereocenters. The SMILES string of the molecule is CC[C@@H](C)c1ccccc1OCCOCC[NH+]1C[C@@H](C)O[C@H](C)C1. The van der Waals surface area contributed by atoms with Crippen LogP contribution < -0.4 is 9.64 Å². The van der Waals surface area contributed by atoms with Crippen molar-refractivity contribution in [3.8, 4) is 5.75 Å². The average Bonchev–Trinajstić information content (AvgIpc) is 2.56. The van der Waals surface area contributed by atoms with Crippen molar-refractivity contribution in [1.82, 2.24) is 0 Å². The summed E-state index contributed by atoms with van der Waals surface area (Å²) in [6.45, 7) is 14.0. The highest BCUT2D eigenvalue weighted by Gasteiger charge is 2.24. The van der Waals surface area contributed by atoms with Crippen LogP contribution in [0.15, 0.2) is 24.3 Å². The molecule has 1 saturated heterocycles. The van der Waals surface area contributed by atoms with Gasteiger partial charge in [-0.2, -0.15) is 0 Å². The topological polar surface area (TPSA) is 32.1 Å². The molecule has 0 amide bonds. The smallest absolute Gasteiger partial charge is 0.122 e. The van der Waals surface area contributed by atoms with Crippen LogP contribution in [-0.4, -0.2) is 51.7 Å². The van der Waals surface area contributed by atoms with Gasteiger partial charge >= 0.3 is 0 Å². The van der Waals surface area contributed by atoms with Crippen molar-refractivity contribution in [2.45, 2.75) is 52.2 Å². The first-order valence-electron chi connectivity index (χ1n) is 9.38. The molecule has 4 heteroatoms. The molecule has 1 aliphatic rings. The van der Waals surface area contributed by atoms with E-state index in [1.54, 1.807) is 4.90 Å². The molecule has 3 atom stereocenters. The summed E-state index contributed by atoms with van der Waals surface area (Å²) in [6, 6.07) is 8.33. The van der Waals surface area contributed by atoms with E-state index in [1.165, 1.54) is 5.56 Å². The quantitative estimate of drug-likeness (QED) is 0.702. The van der Waals surface area contributed by atoms with E-state index in [0.29, 0.717) is 31.3 Å². The van der Waals surface area contributed by atoms with Crippen LogP contribution in [-0.2, 0) is 9.47 Å². The standard InChI is InChI=1S/C20H33NO3/c1-5-16(2)19-8-6-7-9-20(19)23-13-12-22-11-10-21-14-17(3)24-18(4)15-21/h6-9,16-18H,5,10-15H2,1-4H3/p+1/t16-,17-,18-/m1/s1. The summed E-state index contributed by atoms with van der Waals surface area (Å²) >= 11 is 0. The van der Waals surface area contributed by atoms with Gasteiger partial charge in [-0.05, 0) is 37.8 Å². The largest absolute Gasteiger partial charge is 0.491 e. The summed E-state index contributed by atoms with van der Waals surface area (Å²) in [4.78, 5) is 1.57. The zero-order valence-electron chi connectivity index (χ0n) is 15.7. The van der Waals surface area contributed by atoms with Crippen molar-refractivity contribution in [1.29, 1.82) is 0 Å². The normalized spacial score (nSPS) is 25.4. The molecule has 0 bridgehead atoms. The highest BCUT2D eigenvalue weighted by Crippen LogP contribution is 2.28. The third kappa shape index (κ3) is 6.08. The molecule has 1 heterocycles. The number of nitrogens with one attached hydrogen (secondary N) is 1. The van der Waals surface area contributed by atoms with E-state index in [9.17, 15) is 0 Å². The van der Waals surface area contributed by atoms with Gasteiger partial charge in [0.1, 0.15) is 44.2 Å². The van der Waals surface area contributed by atoms with Crippen LogP contribution in [0.1, 0.15) is 45.6 Å². The second-order valence-corrected chi connectivity index (χ2v) is 6.97. The molecular weight excluding hydrogens is 302 g/mol. The van der Waals surface area contributed by atoms with Gasteiger partial charge in [0, 0.05) is 0 Å². The fraction of sp³-hybridized carbons (Fsp3) is 0.700. The summed E-state index contributed by atoms with van der Waals surface area (Å²) in [5.41, 5.74) is 1.29. The second kappa shape index (κ2) is 10.0. The van der Waals surface area contributed by atoms with E-state index < -0.39 is 0 Å². The molecule has 2 rings (SSSR count). The van der Waals surface area contributed by atoms with Gasteiger partial charge in [0.05, 0.1) is 13.2 Å². The molecule has 1 aromatic rings. The lowest BCUT2D eigenvalue weighted by Crippen LogP contribution is -3.15. The first-order valence-corrected chi connectivity index (χ1v) is 9.38. The molecule has 0 saturated carbocycles. The number of para-hydroxylation sites is 1. The lowest BCUT2D eigenvalue weighted by molar-refractivity contribution is -0.915. The monoisotopic (exact) mass is 336 g/mol. The zero-order valence-corrected chi connectivity index (χ0v) is 15.7. The second-order valence-electron chi connectivity index (χ2n) is 6.97. The number of morpholine rings is 1. The van der Waals surface area contributed by atoms with Crippen LogP contribution in [0.3, 0.4) is 0 Å². The number of quaternary nitrogens is 1. The Kier molecular flexibility index (Phi) is 8.03. The van der Waals surface area contributed by atoms with Crippen molar-refractivity contribution in [3.05, 3.63) is 29.8 Å². The third-order valence-corrected chi connectivity index (χ3v) is 4.76. The minimum absolute atomic E-state index is 0.351. The Hall–Kier alpha value is -1.10. The fourth-order valence-corrected chi connectivity index (χ4v) is 3.36. The van der Waals surface area contributed by atoms with Crippen LogP contribution >= 0.6 is 0 Å². The first-order chi connectivity index (χ1) is 11.6. The highest BCUT2D eigenvalue weighted by molar-refractivity contribution is 5.35. The van der Waals surface area contributed by atoms with E-state index in [2.05, 4.69) is 45.9 Å². The Bertz CT molecular complexity index is 470. The average molecular weight is 336 g/mol. The zero-order chi connectivity index (χ0) is 17.4. The Balaban J connectivity index is 1.63. The van der Waals surface area contributed by atoms with E-state index in [4.69, 9.17) is 14.2 Å². The van der Waals surface area contributed by atoms with E-state index in [-0.39, 0.29) is 0 Å². The Morgan fingerprint density at radius 2 is 1.83 bits per heavy atom. The molecule has 1 aromatic carbocycles. The van der Waals surface area contributed by atoms with Gasteiger partial charge < -0.3 is 19.1 Å². The predicted molar refractivity (Wildman–Crippen MR) is 97.0 cm³/mol. The van der Waals surface area contributed by atoms with Crippen LogP contribution in [0.25, 0.3) is 0 Å². The van der Waals surface area contributed by atoms with Crippen molar-refractivity contribution in [2.24, 2.45) is 0 Å². The molecule has 0 spiro atoms. The minimum atomic E-state index is 0.351. The number of hydrogen-bond donors (Lipinski definition) is 1. The molecule has 1 fully saturated rings. The van der Waals surface area contributed by atoms with Crippen molar-refractivity contribution < 1.29 is 19.1 Å². The van der Waals surface area contributed by atoms with Gasteiger partial charge in [-0.3, -0.25) is 0 Å². The highest BCUT2D eigenvalue weighted by atomic mass is 16.5. The molecule has 4 nitrogen and oxygen atoms in total. The fourth-order valence-electron chi connectivity index (χ4n) is 3.36. The number of rotatable bonds is 9. The maximum atomic E-state index is 5.93. The van der Waals surface area contributed by atoms with Crippen molar-refractivity contribution >= 4 is 0 Å². The number of benzene rings is 1. The molecule has 1 N–H and O–H groups in total. The van der Waals surface area contributed by atoms with E-state index >= 15 is 0 Å². The summed E-state index contributed by atoms with van der Waals surface area (Å²) in [6.07, 6.45) is 1.82. The lowest BCUT2D eigenvalue weighted by Gasteiger charge is -2.32. The number of hydrogen-bond acceptors (Lipinski definition) is 3. The molecule has 0 radical (unpaired) electrons. The van der Waals surface area contributed by atoms with Crippen LogP contribution in [0.5, 0.6) is 5.75 Å². The van der Waals surface area contributed by atoms with Crippen LogP contribution in [0, 0.1) is 0 Å². The third-order valence-electron chi connectivity index (χ3n) is 4.76. The van der Waals surface area contributed by atoms with E-state index in [1.807, 2.05) is 6.07 Å². The van der Waals surface area contributed by atoms with Crippen LogP contribution in [0.2, 0.25) is 0 Å². The molecule has 1 aliphatic heterocycles. The van der Waals surface area contributed by atoms with Gasteiger partial charge in [0.2, 0.25) is 0 Å². The van der Waals surface area contributed by atoms with Gasteiger partial charge in [0.15, 0.2) is 0 Å². The van der Waals surface area contributed by atoms with Gasteiger partial charge in [0.25, 0.3) is 0 Å². The summed E-state index contributed by atoms with van der Waals surface area (Å²) in [5.74, 6) is 1.52. The minimum Gasteiger partial charge on any atom is -0.491 e. The van der Waals surface area contributed by atoms with Crippen molar-refractivity contribution in [3.63, 3.8) is 0 Å². The number of ether oxygens (including phenoxy) is 3. The van der Waals surface area contributed by atoms with Crippen LogP contribution in [0.4, 0.5) is 0 Å². The summed E-state index contributed by atoms with van der Waals surface area (Å²) in [7, 11) is 0. The van der Waals surface area contributed by atoms with Crippen molar-refractivity contribution in [2.75, 3.05) is 39.5 Å². The first kappa shape index (κ1) is 19.2. The van der Waals surface area contributed by atoms with E-state index in [0.717, 1.165) is 38.4 Å². The molecule has 0 aromatic heterocycles. The molecule has 136 valence electrons. The maximum Gasteiger partial charge on any atom is 0.122 e. The van der Waals surface area contributed by atoms with Gasteiger partial charge in [-0.15, -0.1) is 0 Å².